The summed E-state index contributed by atoms with van der Waals surface area (Å²) in [5.74, 6) is 2.67. The van der Waals surface area contributed by atoms with Crippen LogP contribution in [-0.4, -0.2) is 0 Å². The van der Waals surface area contributed by atoms with Gasteiger partial charge in [-0.1, -0.05) is 23.3 Å². The van der Waals surface area contributed by atoms with Crippen molar-refractivity contribution in [2.75, 3.05) is 0 Å². The topological polar surface area (TPSA) is 0 Å². The number of hydrogen-bond acceptors (Lipinski definition) is 0. The lowest BCUT2D eigenvalue weighted by atomic mass is 9.85. The van der Waals surface area contributed by atoms with Gasteiger partial charge in [-0.3, -0.25) is 0 Å². The number of allylic oxidation sites excluding steroid dienone is 4. The van der Waals surface area contributed by atoms with Crippen LogP contribution in [0, 0.1) is 17.8 Å². The molecule has 3 unspecified atom stereocenters. The van der Waals surface area contributed by atoms with Gasteiger partial charge in [-0.25, -0.2) is 0 Å². The summed E-state index contributed by atoms with van der Waals surface area (Å²) < 4.78 is 0. The molecule has 0 heteroatoms. The normalized spacial score (nSPS) is 37.4. The molecule has 0 aromatic carbocycles. The van der Waals surface area contributed by atoms with Crippen molar-refractivity contribution >= 4 is 0 Å². The van der Waals surface area contributed by atoms with E-state index in [0.717, 1.165) is 17.8 Å². The highest BCUT2D eigenvalue weighted by atomic mass is 14.4. The summed E-state index contributed by atoms with van der Waals surface area (Å²) in [5, 5.41) is 0. The average Bonchev–Trinajstić information content (AvgIpc) is 2.62. The van der Waals surface area contributed by atoms with Crippen LogP contribution in [0.15, 0.2) is 23.3 Å². The molecule has 1 fully saturated rings. The molecule has 0 heterocycles. The zero-order chi connectivity index (χ0) is 8.72. The van der Waals surface area contributed by atoms with E-state index in [-0.39, 0.29) is 0 Å². The first-order chi connectivity index (χ1) is 5.68. The smallest absolute Gasteiger partial charge is 0.0135 e. The van der Waals surface area contributed by atoms with Gasteiger partial charge >= 0.3 is 0 Å². The first-order valence-corrected chi connectivity index (χ1v) is 5.01. The van der Waals surface area contributed by atoms with Crippen LogP contribution >= 0.6 is 0 Å². The second kappa shape index (κ2) is 2.76. The van der Waals surface area contributed by atoms with Crippen LogP contribution < -0.4 is 0 Å². The molecule has 0 saturated heterocycles. The lowest BCUT2D eigenvalue weighted by Crippen LogP contribution is -2.09. The summed E-state index contributed by atoms with van der Waals surface area (Å²) >= 11 is 0. The van der Waals surface area contributed by atoms with Gasteiger partial charge in [0.25, 0.3) is 0 Å². The van der Waals surface area contributed by atoms with Gasteiger partial charge in [0.05, 0.1) is 0 Å². The third-order valence-electron chi connectivity index (χ3n) is 3.62. The van der Waals surface area contributed by atoms with E-state index >= 15 is 0 Å². The Morgan fingerprint density at radius 1 is 1.08 bits per heavy atom. The van der Waals surface area contributed by atoms with E-state index < -0.39 is 0 Å². The van der Waals surface area contributed by atoms with Crippen LogP contribution in [0.3, 0.4) is 0 Å². The maximum atomic E-state index is 2.44. The molecule has 1 saturated carbocycles. The largest absolute Gasteiger partial charge is 0.0851 e. The molecule has 0 radical (unpaired) electrons. The van der Waals surface area contributed by atoms with Crippen molar-refractivity contribution < 1.29 is 0 Å². The summed E-state index contributed by atoms with van der Waals surface area (Å²) in [7, 11) is 0. The Labute approximate surface area is 75.4 Å². The fourth-order valence-electron chi connectivity index (χ4n) is 2.65. The van der Waals surface area contributed by atoms with E-state index in [1.807, 2.05) is 0 Å². The van der Waals surface area contributed by atoms with Crippen LogP contribution in [0.5, 0.6) is 0 Å². The summed E-state index contributed by atoms with van der Waals surface area (Å²) in [6.07, 6.45) is 7.69. The third-order valence-corrected chi connectivity index (χ3v) is 3.62. The zero-order valence-corrected chi connectivity index (χ0v) is 8.30. The van der Waals surface area contributed by atoms with Gasteiger partial charge in [-0.2, -0.15) is 0 Å². The van der Waals surface area contributed by atoms with Gasteiger partial charge in [0.1, 0.15) is 0 Å². The van der Waals surface area contributed by atoms with E-state index in [9.17, 15) is 0 Å². The quantitative estimate of drug-likeness (QED) is 0.517. The van der Waals surface area contributed by atoms with Gasteiger partial charge < -0.3 is 0 Å². The minimum Gasteiger partial charge on any atom is -0.0851 e. The van der Waals surface area contributed by atoms with Crippen molar-refractivity contribution in [3.63, 3.8) is 0 Å². The van der Waals surface area contributed by atoms with E-state index in [0.29, 0.717) is 0 Å². The number of fused-ring (bicyclic) bond motifs is 2. The summed E-state index contributed by atoms with van der Waals surface area (Å²) in [6.45, 7) is 6.80. The molecule has 2 rings (SSSR count). The minimum atomic E-state index is 0.880. The fraction of sp³-hybridized carbons (Fsp3) is 0.667. The second-order valence-electron chi connectivity index (χ2n) is 4.57. The molecule has 2 bridgehead atoms. The summed E-state index contributed by atoms with van der Waals surface area (Å²) in [4.78, 5) is 0. The average molecular weight is 162 g/mol. The van der Waals surface area contributed by atoms with Crippen LogP contribution in [0.25, 0.3) is 0 Å². The van der Waals surface area contributed by atoms with Crippen LogP contribution in [-0.2, 0) is 0 Å². The predicted molar refractivity (Wildman–Crippen MR) is 52.9 cm³/mol. The van der Waals surface area contributed by atoms with Crippen LogP contribution in [0.4, 0.5) is 0 Å². The molecule has 2 aliphatic rings. The van der Waals surface area contributed by atoms with Gasteiger partial charge in [0, 0.05) is 0 Å². The van der Waals surface area contributed by atoms with E-state index in [1.54, 1.807) is 5.57 Å². The Morgan fingerprint density at radius 2 is 1.83 bits per heavy atom. The standard InChI is InChI=1S/C12H18/c1-8(2)9(3)12-7-10-4-5-11(12)6-10/h4-5,10-12H,6-7H2,1-3H3. The van der Waals surface area contributed by atoms with Crippen molar-refractivity contribution in [2.45, 2.75) is 33.6 Å². The summed E-state index contributed by atoms with van der Waals surface area (Å²) in [6, 6.07) is 0. The molecule has 0 aliphatic heterocycles. The molecule has 3 atom stereocenters. The van der Waals surface area contributed by atoms with Crippen molar-refractivity contribution in [2.24, 2.45) is 17.8 Å². The molecule has 0 nitrogen and oxygen atoms in total. The minimum absolute atomic E-state index is 0.880. The molecule has 2 aliphatic carbocycles. The predicted octanol–water partition coefficient (Wildman–Crippen LogP) is 3.55. The Kier molecular flexibility index (Phi) is 1.86. The summed E-state index contributed by atoms with van der Waals surface area (Å²) in [5.41, 5.74) is 3.17. The van der Waals surface area contributed by atoms with E-state index in [2.05, 4.69) is 32.9 Å². The zero-order valence-electron chi connectivity index (χ0n) is 8.30. The van der Waals surface area contributed by atoms with Gasteiger partial charge in [-0.05, 0) is 51.4 Å². The van der Waals surface area contributed by atoms with Crippen molar-refractivity contribution in [1.29, 1.82) is 0 Å². The lowest BCUT2D eigenvalue weighted by molar-refractivity contribution is 0.515. The monoisotopic (exact) mass is 162 g/mol. The Hall–Kier alpha value is -0.520. The highest BCUT2D eigenvalue weighted by Gasteiger charge is 2.36. The molecular formula is C12H18. The maximum Gasteiger partial charge on any atom is -0.0135 e. The molecule has 0 N–H and O–H groups in total. The van der Waals surface area contributed by atoms with E-state index in [1.165, 1.54) is 18.4 Å². The molecule has 0 amide bonds. The first kappa shape index (κ1) is 8.10. The Bertz CT molecular complexity index is 241. The maximum absolute atomic E-state index is 2.44. The SMILES string of the molecule is CC(C)=C(C)C1CC2C=CC1C2. The van der Waals surface area contributed by atoms with Crippen LogP contribution in [0.2, 0.25) is 0 Å². The molecular weight excluding hydrogens is 144 g/mol. The Morgan fingerprint density at radius 3 is 2.25 bits per heavy atom. The van der Waals surface area contributed by atoms with E-state index in [4.69, 9.17) is 0 Å². The second-order valence-corrected chi connectivity index (χ2v) is 4.57. The Balaban J connectivity index is 2.18. The molecule has 66 valence electrons. The fourth-order valence-corrected chi connectivity index (χ4v) is 2.65. The molecule has 0 aromatic rings. The van der Waals surface area contributed by atoms with Crippen molar-refractivity contribution in [1.82, 2.24) is 0 Å². The van der Waals surface area contributed by atoms with Gasteiger partial charge in [0.2, 0.25) is 0 Å². The molecule has 12 heavy (non-hydrogen) atoms. The molecule has 0 aromatic heterocycles. The van der Waals surface area contributed by atoms with Crippen molar-refractivity contribution in [3.05, 3.63) is 23.3 Å². The van der Waals surface area contributed by atoms with Crippen molar-refractivity contribution in [3.8, 4) is 0 Å². The lowest BCUT2D eigenvalue weighted by Gasteiger charge is -2.20. The number of hydrogen-bond donors (Lipinski definition) is 0. The van der Waals surface area contributed by atoms with Gasteiger partial charge in [0.15, 0.2) is 0 Å². The van der Waals surface area contributed by atoms with Crippen LogP contribution in [0.1, 0.15) is 33.6 Å². The third kappa shape index (κ3) is 1.14. The first-order valence-electron chi connectivity index (χ1n) is 5.01. The van der Waals surface area contributed by atoms with Gasteiger partial charge in [-0.15, -0.1) is 0 Å². The number of rotatable bonds is 1. The highest BCUT2D eigenvalue weighted by Crippen LogP contribution is 2.46. The molecule has 0 spiro atoms. The highest BCUT2D eigenvalue weighted by molar-refractivity contribution is 5.21.